The zero-order chi connectivity index (χ0) is 7.68. The number of fused-ring (bicyclic) bond motifs is 1. The number of rotatable bonds is 0. The first-order valence-corrected chi connectivity index (χ1v) is 3.73. The molecule has 1 aliphatic heterocycles. The van der Waals surface area contributed by atoms with Crippen molar-refractivity contribution < 1.29 is 4.74 Å². The molecule has 0 bridgehead atoms. The fourth-order valence-electron chi connectivity index (χ4n) is 1.27. The van der Waals surface area contributed by atoms with Crippen molar-refractivity contribution in [2.75, 3.05) is 12.3 Å². The first-order valence-electron chi connectivity index (χ1n) is 3.73. The predicted octanol–water partition coefficient (Wildman–Crippen LogP) is 0.989. The Balaban J connectivity index is 2.43. The largest absolute Gasteiger partial charge is 0.492 e. The first kappa shape index (κ1) is 6.46. The molecule has 0 saturated carbocycles. The summed E-state index contributed by atoms with van der Waals surface area (Å²) in [6.07, 6.45) is 3.84. The number of hydrogen-bond donors (Lipinski definition) is 1. The lowest BCUT2D eigenvalue weighted by atomic mass is 10.1. The van der Waals surface area contributed by atoms with Crippen LogP contribution in [-0.2, 0) is 6.42 Å². The van der Waals surface area contributed by atoms with Gasteiger partial charge in [0.05, 0.1) is 12.8 Å². The van der Waals surface area contributed by atoms with Crippen LogP contribution in [0.25, 0.3) is 0 Å². The van der Waals surface area contributed by atoms with E-state index in [9.17, 15) is 0 Å². The van der Waals surface area contributed by atoms with Crippen molar-refractivity contribution >= 4 is 5.82 Å². The summed E-state index contributed by atoms with van der Waals surface area (Å²) in [5.74, 6) is 1.47. The molecule has 0 fully saturated rings. The highest BCUT2D eigenvalue weighted by Crippen LogP contribution is 2.24. The van der Waals surface area contributed by atoms with Gasteiger partial charge in [-0.05, 0) is 24.5 Å². The molecular formula is C8H10N2O. The summed E-state index contributed by atoms with van der Waals surface area (Å²) >= 11 is 0. The average molecular weight is 150 g/mol. The van der Waals surface area contributed by atoms with Gasteiger partial charge in [-0.25, -0.2) is 4.98 Å². The minimum atomic E-state index is 0.578. The van der Waals surface area contributed by atoms with Gasteiger partial charge in [0.25, 0.3) is 0 Å². The van der Waals surface area contributed by atoms with Crippen LogP contribution in [0.1, 0.15) is 12.0 Å². The van der Waals surface area contributed by atoms with E-state index in [1.165, 1.54) is 5.56 Å². The van der Waals surface area contributed by atoms with Gasteiger partial charge in [0.15, 0.2) is 0 Å². The fourth-order valence-corrected chi connectivity index (χ4v) is 1.27. The Morgan fingerprint density at radius 1 is 1.55 bits per heavy atom. The summed E-state index contributed by atoms with van der Waals surface area (Å²) < 4.78 is 5.36. The minimum Gasteiger partial charge on any atom is -0.492 e. The maximum Gasteiger partial charge on any atom is 0.140 e. The molecule has 3 nitrogen and oxygen atoms in total. The van der Waals surface area contributed by atoms with Crippen molar-refractivity contribution in [1.29, 1.82) is 0 Å². The second-order valence-electron chi connectivity index (χ2n) is 2.67. The molecule has 0 aliphatic carbocycles. The highest BCUT2D eigenvalue weighted by Gasteiger charge is 2.09. The lowest BCUT2D eigenvalue weighted by molar-refractivity contribution is 0.287. The van der Waals surface area contributed by atoms with Gasteiger partial charge in [-0.15, -0.1) is 0 Å². The number of anilines is 1. The number of aryl methyl sites for hydroxylation is 1. The molecular weight excluding hydrogens is 140 g/mol. The van der Waals surface area contributed by atoms with E-state index in [0.29, 0.717) is 5.82 Å². The SMILES string of the molecule is Nc1cc2c(cn1)OCCC2. The van der Waals surface area contributed by atoms with Crippen LogP contribution in [0.4, 0.5) is 5.82 Å². The van der Waals surface area contributed by atoms with E-state index in [4.69, 9.17) is 10.5 Å². The summed E-state index contributed by atoms with van der Waals surface area (Å²) in [4.78, 5) is 3.95. The number of nitrogen functional groups attached to an aromatic ring is 1. The van der Waals surface area contributed by atoms with Crippen molar-refractivity contribution in [3.05, 3.63) is 17.8 Å². The molecule has 0 aromatic carbocycles. The Bertz CT molecular complexity index is 273. The Labute approximate surface area is 65.2 Å². The second-order valence-corrected chi connectivity index (χ2v) is 2.67. The number of nitrogens with two attached hydrogens (primary N) is 1. The molecule has 3 heteroatoms. The fraction of sp³-hybridized carbons (Fsp3) is 0.375. The van der Waals surface area contributed by atoms with Gasteiger partial charge in [-0.2, -0.15) is 0 Å². The molecule has 0 radical (unpaired) electrons. The van der Waals surface area contributed by atoms with Crippen LogP contribution in [0.2, 0.25) is 0 Å². The highest BCUT2D eigenvalue weighted by molar-refractivity contribution is 5.41. The van der Waals surface area contributed by atoms with Crippen LogP contribution in [0.15, 0.2) is 12.3 Å². The van der Waals surface area contributed by atoms with Crippen LogP contribution in [0.3, 0.4) is 0 Å². The third kappa shape index (κ3) is 1.13. The number of aromatic nitrogens is 1. The van der Waals surface area contributed by atoms with Crippen molar-refractivity contribution in [3.8, 4) is 5.75 Å². The summed E-state index contributed by atoms with van der Waals surface area (Å²) in [6.45, 7) is 0.804. The molecule has 2 rings (SSSR count). The zero-order valence-electron chi connectivity index (χ0n) is 6.21. The molecule has 2 heterocycles. The minimum absolute atomic E-state index is 0.578. The van der Waals surface area contributed by atoms with Crippen molar-refractivity contribution in [2.45, 2.75) is 12.8 Å². The molecule has 2 N–H and O–H groups in total. The van der Waals surface area contributed by atoms with E-state index in [1.54, 1.807) is 6.20 Å². The van der Waals surface area contributed by atoms with Gasteiger partial charge in [0, 0.05) is 0 Å². The van der Waals surface area contributed by atoms with Crippen LogP contribution in [-0.4, -0.2) is 11.6 Å². The van der Waals surface area contributed by atoms with Gasteiger partial charge >= 0.3 is 0 Å². The Morgan fingerprint density at radius 2 is 2.45 bits per heavy atom. The number of ether oxygens (including phenoxy) is 1. The van der Waals surface area contributed by atoms with E-state index < -0.39 is 0 Å². The summed E-state index contributed by atoms with van der Waals surface area (Å²) in [5, 5.41) is 0. The maximum atomic E-state index is 5.52. The maximum absolute atomic E-state index is 5.52. The van der Waals surface area contributed by atoms with E-state index in [-0.39, 0.29) is 0 Å². The first-order chi connectivity index (χ1) is 5.36. The lowest BCUT2D eigenvalue weighted by Gasteiger charge is -2.16. The topological polar surface area (TPSA) is 48.1 Å². The molecule has 0 atom stereocenters. The Kier molecular flexibility index (Phi) is 1.42. The van der Waals surface area contributed by atoms with E-state index >= 15 is 0 Å². The van der Waals surface area contributed by atoms with E-state index in [0.717, 1.165) is 25.2 Å². The smallest absolute Gasteiger partial charge is 0.140 e. The molecule has 0 unspecified atom stereocenters. The van der Waals surface area contributed by atoms with Crippen molar-refractivity contribution in [2.24, 2.45) is 0 Å². The summed E-state index contributed by atoms with van der Waals surface area (Å²) in [5.41, 5.74) is 6.70. The van der Waals surface area contributed by atoms with Crippen LogP contribution < -0.4 is 10.5 Å². The molecule has 0 spiro atoms. The Morgan fingerprint density at radius 3 is 3.36 bits per heavy atom. The monoisotopic (exact) mass is 150 g/mol. The highest BCUT2D eigenvalue weighted by atomic mass is 16.5. The van der Waals surface area contributed by atoms with Gasteiger partial charge in [0.2, 0.25) is 0 Å². The molecule has 11 heavy (non-hydrogen) atoms. The molecule has 58 valence electrons. The van der Waals surface area contributed by atoms with E-state index in [1.807, 2.05) is 6.07 Å². The number of hydrogen-bond acceptors (Lipinski definition) is 3. The van der Waals surface area contributed by atoms with Crippen LogP contribution in [0.5, 0.6) is 5.75 Å². The molecule has 0 saturated heterocycles. The van der Waals surface area contributed by atoms with Crippen LogP contribution in [0, 0.1) is 0 Å². The van der Waals surface area contributed by atoms with Gasteiger partial charge in [-0.1, -0.05) is 0 Å². The van der Waals surface area contributed by atoms with Gasteiger partial charge in [-0.3, -0.25) is 0 Å². The summed E-state index contributed by atoms with van der Waals surface area (Å²) in [6, 6.07) is 1.88. The number of nitrogens with zero attached hydrogens (tertiary/aromatic N) is 1. The third-order valence-corrected chi connectivity index (χ3v) is 1.82. The molecule has 0 amide bonds. The second kappa shape index (κ2) is 2.42. The standard InChI is InChI=1S/C8H10N2O/c9-8-4-6-2-1-3-11-7(6)5-10-8/h4-5H,1-3H2,(H2,9,10). The average Bonchev–Trinajstić information content (AvgIpc) is 2.04. The van der Waals surface area contributed by atoms with Crippen molar-refractivity contribution in [1.82, 2.24) is 4.98 Å². The quantitative estimate of drug-likeness (QED) is 0.600. The molecule has 1 aromatic rings. The third-order valence-electron chi connectivity index (χ3n) is 1.82. The summed E-state index contributed by atoms with van der Waals surface area (Å²) in [7, 11) is 0. The zero-order valence-corrected chi connectivity index (χ0v) is 6.21. The normalized spacial score (nSPS) is 15.3. The van der Waals surface area contributed by atoms with Crippen LogP contribution >= 0.6 is 0 Å². The number of pyridine rings is 1. The predicted molar refractivity (Wildman–Crippen MR) is 42.5 cm³/mol. The van der Waals surface area contributed by atoms with Gasteiger partial charge in [0.1, 0.15) is 11.6 Å². The van der Waals surface area contributed by atoms with Crippen molar-refractivity contribution in [3.63, 3.8) is 0 Å². The lowest BCUT2D eigenvalue weighted by Crippen LogP contribution is -2.09. The van der Waals surface area contributed by atoms with E-state index in [2.05, 4.69) is 4.98 Å². The molecule has 1 aliphatic rings. The van der Waals surface area contributed by atoms with Gasteiger partial charge < -0.3 is 10.5 Å². The Hall–Kier alpha value is -1.25. The molecule has 1 aromatic heterocycles.